The van der Waals surface area contributed by atoms with Gasteiger partial charge in [0.25, 0.3) is 5.91 Å². The van der Waals surface area contributed by atoms with Gasteiger partial charge in [-0.2, -0.15) is 0 Å². The minimum absolute atomic E-state index is 0.0117. The lowest BCUT2D eigenvalue weighted by molar-refractivity contribution is -0.142. The van der Waals surface area contributed by atoms with Gasteiger partial charge in [-0.05, 0) is 42.7 Å². The van der Waals surface area contributed by atoms with Crippen molar-refractivity contribution >= 4 is 23.2 Å². The summed E-state index contributed by atoms with van der Waals surface area (Å²) in [7, 11) is 0. The number of fused-ring (bicyclic) bond motifs is 1. The van der Waals surface area contributed by atoms with Crippen LogP contribution >= 0.6 is 11.3 Å². The van der Waals surface area contributed by atoms with Crippen molar-refractivity contribution in [3.63, 3.8) is 0 Å². The first kappa shape index (κ1) is 14.6. The summed E-state index contributed by atoms with van der Waals surface area (Å²) in [6, 6.07) is 2.04. The number of thiophene rings is 1. The molecule has 1 N–H and O–H groups in total. The van der Waals surface area contributed by atoms with E-state index in [1.54, 1.807) is 16.2 Å². The standard InChI is InChI=1S/C16H21NO3S/c1-9-3-4-13-11(5-9)6-14(21-13)15(18)17-7-10(2)12(8-17)16(19)20/h6,9-10,12H,3-5,7-8H2,1-2H3,(H,19,20)/t9?,10-,12-/m1/s1. The van der Waals surface area contributed by atoms with E-state index >= 15 is 0 Å². The molecule has 5 heteroatoms. The molecule has 1 aliphatic heterocycles. The summed E-state index contributed by atoms with van der Waals surface area (Å²) < 4.78 is 0. The average Bonchev–Trinajstić information content (AvgIpc) is 3.00. The Bertz CT molecular complexity index is 580. The van der Waals surface area contributed by atoms with Crippen LogP contribution in [0.1, 0.15) is 40.4 Å². The maximum atomic E-state index is 12.6. The third-order valence-electron chi connectivity index (χ3n) is 4.76. The zero-order chi connectivity index (χ0) is 15.1. The Morgan fingerprint density at radius 1 is 1.33 bits per heavy atom. The number of likely N-dealkylation sites (tertiary alicyclic amines) is 1. The van der Waals surface area contributed by atoms with Gasteiger partial charge in [0.05, 0.1) is 10.8 Å². The summed E-state index contributed by atoms with van der Waals surface area (Å²) in [6.45, 7) is 5.05. The van der Waals surface area contributed by atoms with Gasteiger partial charge in [0.1, 0.15) is 0 Å². The third kappa shape index (κ3) is 2.71. The van der Waals surface area contributed by atoms with Crippen LogP contribution in [-0.4, -0.2) is 35.0 Å². The summed E-state index contributed by atoms with van der Waals surface area (Å²) >= 11 is 1.60. The number of carbonyl (C=O) groups is 2. The van der Waals surface area contributed by atoms with E-state index in [-0.39, 0.29) is 11.8 Å². The highest BCUT2D eigenvalue weighted by Gasteiger charge is 2.37. The summed E-state index contributed by atoms with van der Waals surface area (Å²) in [4.78, 5) is 27.6. The molecule has 1 saturated heterocycles. The smallest absolute Gasteiger partial charge is 0.308 e. The number of hydrogen-bond donors (Lipinski definition) is 1. The summed E-state index contributed by atoms with van der Waals surface area (Å²) in [6.07, 6.45) is 3.33. The molecule has 3 atom stereocenters. The first-order valence-electron chi connectivity index (χ1n) is 7.59. The van der Waals surface area contributed by atoms with Crippen LogP contribution in [0.25, 0.3) is 0 Å². The molecule has 1 aliphatic carbocycles. The van der Waals surface area contributed by atoms with Gasteiger partial charge in [-0.3, -0.25) is 9.59 Å². The number of aliphatic carboxylic acids is 1. The molecule has 1 unspecified atom stereocenters. The number of carbonyl (C=O) groups excluding carboxylic acids is 1. The number of nitrogens with zero attached hydrogens (tertiary/aromatic N) is 1. The van der Waals surface area contributed by atoms with Crippen molar-refractivity contribution in [3.8, 4) is 0 Å². The van der Waals surface area contributed by atoms with E-state index in [1.165, 1.54) is 16.9 Å². The molecule has 0 spiro atoms. The molecule has 2 aliphatic rings. The topological polar surface area (TPSA) is 57.6 Å². The molecule has 1 amide bonds. The first-order valence-corrected chi connectivity index (χ1v) is 8.41. The number of amides is 1. The Morgan fingerprint density at radius 2 is 2.10 bits per heavy atom. The number of rotatable bonds is 2. The van der Waals surface area contributed by atoms with Gasteiger partial charge < -0.3 is 10.0 Å². The number of aryl methyl sites for hydroxylation is 1. The lowest BCUT2D eigenvalue weighted by atomic mass is 9.90. The van der Waals surface area contributed by atoms with Crippen LogP contribution in [0.5, 0.6) is 0 Å². The van der Waals surface area contributed by atoms with E-state index in [9.17, 15) is 14.7 Å². The van der Waals surface area contributed by atoms with Gasteiger partial charge in [0.15, 0.2) is 0 Å². The van der Waals surface area contributed by atoms with Crippen molar-refractivity contribution in [2.45, 2.75) is 33.1 Å². The van der Waals surface area contributed by atoms with Gasteiger partial charge in [0, 0.05) is 18.0 Å². The molecule has 0 bridgehead atoms. The van der Waals surface area contributed by atoms with Gasteiger partial charge in [0.2, 0.25) is 0 Å². The molecule has 21 heavy (non-hydrogen) atoms. The molecule has 1 aromatic heterocycles. The molecule has 114 valence electrons. The van der Waals surface area contributed by atoms with Crippen LogP contribution in [0.3, 0.4) is 0 Å². The molecule has 4 nitrogen and oxygen atoms in total. The normalized spacial score (nSPS) is 28.5. The molecule has 1 aromatic rings. The predicted octanol–water partition coefficient (Wildman–Crippen LogP) is 2.67. The minimum Gasteiger partial charge on any atom is -0.481 e. The second kappa shape index (κ2) is 5.44. The lowest BCUT2D eigenvalue weighted by Crippen LogP contribution is -2.29. The van der Waals surface area contributed by atoms with Gasteiger partial charge in [-0.25, -0.2) is 0 Å². The average molecular weight is 307 g/mol. The SMILES string of the molecule is CC1CCc2sc(C(=O)N3C[C@@H](C)[C@H](C(=O)O)C3)cc2C1. The molecule has 3 rings (SSSR count). The van der Waals surface area contributed by atoms with E-state index < -0.39 is 11.9 Å². The van der Waals surface area contributed by atoms with E-state index in [0.717, 1.165) is 17.7 Å². The van der Waals surface area contributed by atoms with E-state index in [0.29, 0.717) is 19.0 Å². The minimum atomic E-state index is -0.794. The van der Waals surface area contributed by atoms with Crippen molar-refractivity contribution in [1.82, 2.24) is 4.90 Å². The van der Waals surface area contributed by atoms with Crippen molar-refractivity contribution in [3.05, 3.63) is 21.4 Å². The highest BCUT2D eigenvalue weighted by molar-refractivity contribution is 7.14. The highest BCUT2D eigenvalue weighted by atomic mass is 32.1. The number of carboxylic acids is 1. The molecule has 2 heterocycles. The van der Waals surface area contributed by atoms with Crippen LogP contribution in [0.15, 0.2) is 6.07 Å². The second-order valence-electron chi connectivity index (χ2n) is 6.54. The molecule has 0 aromatic carbocycles. The summed E-state index contributed by atoms with van der Waals surface area (Å²) in [5, 5.41) is 9.18. The van der Waals surface area contributed by atoms with Crippen LogP contribution in [0, 0.1) is 17.8 Å². The molecule has 1 fully saturated rings. The van der Waals surface area contributed by atoms with Crippen LogP contribution in [0.2, 0.25) is 0 Å². The third-order valence-corrected chi connectivity index (χ3v) is 5.98. The Kier molecular flexibility index (Phi) is 3.78. The van der Waals surface area contributed by atoms with Crippen molar-refractivity contribution in [2.75, 3.05) is 13.1 Å². The highest BCUT2D eigenvalue weighted by Crippen LogP contribution is 2.34. The number of carboxylic acid groups (broad SMARTS) is 1. The Hall–Kier alpha value is -1.36. The van der Waals surface area contributed by atoms with Crippen molar-refractivity contribution in [2.24, 2.45) is 17.8 Å². The second-order valence-corrected chi connectivity index (χ2v) is 7.68. The molecule has 0 radical (unpaired) electrons. The first-order chi connectivity index (χ1) is 9.95. The van der Waals surface area contributed by atoms with Gasteiger partial charge >= 0.3 is 5.97 Å². The quantitative estimate of drug-likeness (QED) is 0.914. The maximum Gasteiger partial charge on any atom is 0.308 e. The van der Waals surface area contributed by atoms with Crippen LogP contribution < -0.4 is 0 Å². The fraction of sp³-hybridized carbons (Fsp3) is 0.625. The summed E-state index contributed by atoms with van der Waals surface area (Å²) in [5.41, 5.74) is 1.32. The zero-order valence-corrected chi connectivity index (χ0v) is 13.3. The molecular formula is C16H21NO3S. The Morgan fingerprint density at radius 3 is 2.76 bits per heavy atom. The Balaban J connectivity index is 1.76. The summed E-state index contributed by atoms with van der Waals surface area (Å²) in [5.74, 6) is -0.488. The van der Waals surface area contributed by atoms with Crippen LogP contribution in [-0.2, 0) is 17.6 Å². The van der Waals surface area contributed by atoms with E-state index in [2.05, 4.69) is 6.92 Å². The van der Waals surface area contributed by atoms with Crippen molar-refractivity contribution < 1.29 is 14.7 Å². The van der Waals surface area contributed by atoms with E-state index in [4.69, 9.17) is 0 Å². The van der Waals surface area contributed by atoms with Crippen LogP contribution in [0.4, 0.5) is 0 Å². The molecule has 0 saturated carbocycles. The van der Waals surface area contributed by atoms with Gasteiger partial charge in [-0.1, -0.05) is 13.8 Å². The fourth-order valence-electron chi connectivity index (χ4n) is 3.42. The fourth-order valence-corrected chi connectivity index (χ4v) is 4.60. The van der Waals surface area contributed by atoms with E-state index in [1.807, 2.05) is 13.0 Å². The largest absolute Gasteiger partial charge is 0.481 e. The molecular weight excluding hydrogens is 286 g/mol. The Labute approximate surface area is 128 Å². The lowest BCUT2D eigenvalue weighted by Gasteiger charge is -2.16. The monoisotopic (exact) mass is 307 g/mol. The maximum absolute atomic E-state index is 12.6. The predicted molar refractivity (Wildman–Crippen MR) is 81.7 cm³/mol. The van der Waals surface area contributed by atoms with Gasteiger partial charge in [-0.15, -0.1) is 11.3 Å². The van der Waals surface area contributed by atoms with Crippen molar-refractivity contribution in [1.29, 1.82) is 0 Å². The number of hydrogen-bond acceptors (Lipinski definition) is 3. The zero-order valence-electron chi connectivity index (χ0n) is 12.5.